The summed E-state index contributed by atoms with van der Waals surface area (Å²) in [5.41, 5.74) is 13.0. The summed E-state index contributed by atoms with van der Waals surface area (Å²) in [5.74, 6) is 0. The second kappa shape index (κ2) is 4.14. The van der Waals surface area contributed by atoms with Gasteiger partial charge in [0.15, 0.2) is 0 Å². The number of aromatic nitrogens is 1. The van der Waals surface area contributed by atoms with Gasteiger partial charge in [0.05, 0.1) is 5.52 Å². The minimum Gasteiger partial charge on any atom is -0.329 e. The SMILES string of the molecule is NCC(N)c1cc2ccccc2nc1Cl. The Bertz CT molecular complexity index is 484. The van der Waals surface area contributed by atoms with Gasteiger partial charge in [-0.05, 0) is 12.1 Å². The standard InChI is InChI=1S/C11H12ClN3/c12-11-8(9(14)6-13)5-7-3-1-2-4-10(7)15-11/h1-5,9H,6,13-14H2. The Morgan fingerprint density at radius 2 is 2.07 bits per heavy atom. The van der Waals surface area contributed by atoms with Crippen LogP contribution in [0.1, 0.15) is 11.6 Å². The first-order valence-corrected chi connectivity index (χ1v) is 5.11. The number of hydrogen-bond donors (Lipinski definition) is 2. The first kappa shape index (κ1) is 10.4. The molecule has 2 aromatic rings. The molecule has 0 aliphatic rings. The molecule has 1 atom stereocenters. The Hall–Kier alpha value is -1.16. The maximum Gasteiger partial charge on any atom is 0.134 e. The minimum absolute atomic E-state index is 0.255. The highest BCUT2D eigenvalue weighted by molar-refractivity contribution is 6.30. The smallest absolute Gasteiger partial charge is 0.134 e. The number of para-hydroxylation sites is 1. The molecule has 1 unspecified atom stereocenters. The number of nitrogens with zero attached hydrogens (tertiary/aromatic N) is 1. The predicted octanol–water partition coefficient (Wildman–Crippen LogP) is 1.85. The maximum atomic E-state index is 6.03. The van der Waals surface area contributed by atoms with Crippen LogP contribution in [0.15, 0.2) is 30.3 Å². The summed E-state index contributed by atoms with van der Waals surface area (Å²) >= 11 is 6.03. The molecule has 0 aliphatic heterocycles. The van der Waals surface area contributed by atoms with Crippen molar-refractivity contribution in [2.24, 2.45) is 11.5 Å². The molecule has 1 heterocycles. The summed E-state index contributed by atoms with van der Waals surface area (Å²) in [4.78, 5) is 4.27. The third-order valence-corrected chi connectivity index (χ3v) is 2.66. The van der Waals surface area contributed by atoms with Crippen LogP contribution in [0, 0.1) is 0 Å². The van der Waals surface area contributed by atoms with E-state index in [0.29, 0.717) is 11.7 Å². The van der Waals surface area contributed by atoms with Crippen molar-refractivity contribution in [1.29, 1.82) is 0 Å². The molecule has 0 bridgehead atoms. The fourth-order valence-corrected chi connectivity index (χ4v) is 1.78. The van der Waals surface area contributed by atoms with Crippen LogP contribution < -0.4 is 11.5 Å². The molecule has 0 saturated heterocycles. The normalized spacial score (nSPS) is 13.0. The molecule has 15 heavy (non-hydrogen) atoms. The second-order valence-electron chi connectivity index (χ2n) is 3.40. The van der Waals surface area contributed by atoms with Gasteiger partial charge in [-0.3, -0.25) is 0 Å². The average molecular weight is 222 g/mol. The lowest BCUT2D eigenvalue weighted by atomic mass is 10.1. The Morgan fingerprint density at radius 3 is 2.80 bits per heavy atom. The summed E-state index contributed by atoms with van der Waals surface area (Å²) in [6, 6.07) is 9.46. The van der Waals surface area contributed by atoms with Crippen molar-refractivity contribution in [3.63, 3.8) is 0 Å². The lowest BCUT2D eigenvalue weighted by molar-refractivity contribution is 0.735. The van der Waals surface area contributed by atoms with E-state index in [1.54, 1.807) is 0 Å². The minimum atomic E-state index is -0.255. The molecular formula is C11H12ClN3. The summed E-state index contributed by atoms with van der Waals surface area (Å²) < 4.78 is 0. The zero-order chi connectivity index (χ0) is 10.8. The molecule has 3 nitrogen and oxygen atoms in total. The van der Waals surface area contributed by atoms with E-state index >= 15 is 0 Å². The number of halogens is 1. The largest absolute Gasteiger partial charge is 0.329 e. The van der Waals surface area contributed by atoms with Gasteiger partial charge >= 0.3 is 0 Å². The molecule has 1 aromatic carbocycles. The van der Waals surface area contributed by atoms with Gasteiger partial charge in [0.25, 0.3) is 0 Å². The molecule has 0 radical (unpaired) electrons. The first-order chi connectivity index (χ1) is 7.22. The molecule has 0 spiro atoms. The molecule has 2 rings (SSSR count). The Labute approximate surface area is 93.0 Å². The molecule has 0 fully saturated rings. The number of fused-ring (bicyclic) bond motifs is 1. The van der Waals surface area contributed by atoms with Crippen LogP contribution in [0.5, 0.6) is 0 Å². The van der Waals surface area contributed by atoms with E-state index in [1.807, 2.05) is 30.3 Å². The topological polar surface area (TPSA) is 64.9 Å². The van der Waals surface area contributed by atoms with Crippen LogP contribution in [0.2, 0.25) is 5.15 Å². The van der Waals surface area contributed by atoms with Crippen molar-refractivity contribution in [2.45, 2.75) is 6.04 Å². The molecule has 4 heteroatoms. The van der Waals surface area contributed by atoms with E-state index in [9.17, 15) is 0 Å². The Kier molecular flexibility index (Phi) is 2.86. The van der Waals surface area contributed by atoms with Gasteiger partial charge in [-0.25, -0.2) is 4.98 Å². The van der Waals surface area contributed by atoms with Crippen molar-refractivity contribution in [3.05, 3.63) is 41.0 Å². The van der Waals surface area contributed by atoms with Gasteiger partial charge in [-0.2, -0.15) is 0 Å². The van der Waals surface area contributed by atoms with Gasteiger partial charge < -0.3 is 11.5 Å². The lowest BCUT2D eigenvalue weighted by Crippen LogP contribution is -2.21. The number of benzene rings is 1. The number of pyridine rings is 1. The third-order valence-electron chi connectivity index (χ3n) is 2.36. The predicted molar refractivity (Wildman–Crippen MR) is 62.7 cm³/mol. The zero-order valence-corrected chi connectivity index (χ0v) is 8.91. The van der Waals surface area contributed by atoms with Crippen LogP contribution in [0.25, 0.3) is 10.9 Å². The van der Waals surface area contributed by atoms with Crippen LogP contribution in [0.4, 0.5) is 0 Å². The Morgan fingerprint density at radius 1 is 1.33 bits per heavy atom. The van der Waals surface area contributed by atoms with Crippen molar-refractivity contribution in [3.8, 4) is 0 Å². The van der Waals surface area contributed by atoms with E-state index in [2.05, 4.69) is 4.98 Å². The van der Waals surface area contributed by atoms with Gasteiger partial charge in [0.2, 0.25) is 0 Å². The Balaban J connectivity index is 2.61. The van der Waals surface area contributed by atoms with Crippen LogP contribution in [0.3, 0.4) is 0 Å². The van der Waals surface area contributed by atoms with E-state index in [0.717, 1.165) is 16.5 Å². The van der Waals surface area contributed by atoms with E-state index in [4.69, 9.17) is 23.1 Å². The van der Waals surface area contributed by atoms with Crippen molar-refractivity contribution < 1.29 is 0 Å². The highest BCUT2D eigenvalue weighted by Gasteiger charge is 2.10. The monoisotopic (exact) mass is 221 g/mol. The summed E-state index contributed by atoms with van der Waals surface area (Å²) in [6.07, 6.45) is 0. The zero-order valence-electron chi connectivity index (χ0n) is 8.15. The van der Waals surface area contributed by atoms with Gasteiger partial charge in [0, 0.05) is 23.5 Å². The summed E-state index contributed by atoms with van der Waals surface area (Å²) in [7, 11) is 0. The molecule has 0 saturated carbocycles. The lowest BCUT2D eigenvalue weighted by Gasteiger charge is -2.11. The number of nitrogens with two attached hydrogens (primary N) is 2. The van der Waals surface area contributed by atoms with Crippen LogP contribution in [-0.2, 0) is 0 Å². The molecular weight excluding hydrogens is 210 g/mol. The molecule has 0 amide bonds. The molecule has 1 aromatic heterocycles. The second-order valence-corrected chi connectivity index (χ2v) is 3.76. The number of hydrogen-bond acceptors (Lipinski definition) is 3. The molecule has 0 aliphatic carbocycles. The maximum absolute atomic E-state index is 6.03. The van der Waals surface area contributed by atoms with Crippen molar-refractivity contribution in [1.82, 2.24) is 4.98 Å². The highest BCUT2D eigenvalue weighted by atomic mass is 35.5. The third kappa shape index (κ3) is 1.95. The van der Waals surface area contributed by atoms with Crippen LogP contribution in [-0.4, -0.2) is 11.5 Å². The quantitative estimate of drug-likeness (QED) is 0.761. The summed E-state index contributed by atoms with van der Waals surface area (Å²) in [6.45, 7) is 0.361. The van der Waals surface area contributed by atoms with E-state index < -0.39 is 0 Å². The van der Waals surface area contributed by atoms with Gasteiger partial charge in [0.1, 0.15) is 5.15 Å². The van der Waals surface area contributed by atoms with Crippen molar-refractivity contribution in [2.75, 3.05) is 6.54 Å². The fourth-order valence-electron chi connectivity index (χ4n) is 1.50. The van der Waals surface area contributed by atoms with Crippen LogP contribution >= 0.6 is 11.6 Å². The summed E-state index contributed by atoms with van der Waals surface area (Å²) in [5, 5.41) is 1.47. The van der Waals surface area contributed by atoms with Gasteiger partial charge in [-0.1, -0.05) is 29.8 Å². The fraction of sp³-hybridized carbons (Fsp3) is 0.182. The highest BCUT2D eigenvalue weighted by Crippen LogP contribution is 2.23. The number of rotatable bonds is 2. The van der Waals surface area contributed by atoms with E-state index in [1.165, 1.54) is 0 Å². The van der Waals surface area contributed by atoms with Gasteiger partial charge in [-0.15, -0.1) is 0 Å². The first-order valence-electron chi connectivity index (χ1n) is 4.73. The molecule has 78 valence electrons. The molecule has 4 N–H and O–H groups in total. The average Bonchev–Trinajstić information content (AvgIpc) is 2.27. The van der Waals surface area contributed by atoms with Crippen molar-refractivity contribution >= 4 is 22.5 Å². The van der Waals surface area contributed by atoms with E-state index in [-0.39, 0.29) is 6.04 Å².